The Morgan fingerprint density at radius 1 is 0.903 bits per heavy atom. The van der Waals surface area contributed by atoms with Gasteiger partial charge >= 0.3 is 0 Å². The van der Waals surface area contributed by atoms with Crippen molar-refractivity contribution in [3.63, 3.8) is 0 Å². The first-order valence-electron chi connectivity index (χ1n) is 10.5. The van der Waals surface area contributed by atoms with Crippen LogP contribution in [0.3, 0.4) is 0 Å². The number of H-pyrrole nitrogens is 1. The van der Waals surface area contributed by atoms with E-state index in [1.165, 1.54) is 5.56 Å². The van der Waals surface area contributed by atoms with Gasteiger partial charge in [0, 0.05) is 34.8 Å². The number of hydrogen-bond donors (Lipinski definition) is 2. The van der Waals surface area contributed by atoms with E-state index in [2.05, 4.69) is 10.3 Å². The number of fused-ring (bicyclic) bond motifs is 2. The van der Waals surface area contributed by atoms with Gasteiger partial charge in [0.15, 0.2) is 0 Å². The van der Waals surface area contributed by atoms with Crippen LogP contribution in [0.4, 0.5) is 0 Å². The molecule has 5 heteroatoms. The van der Waals surface area contributed by atoms with Gasteiger partial charge in [0.05, 0.1) is 6.04 Å². The highest BCUT2D eigenvalue weighted by molar-refractivity contribution is 6.02. The maximum absolute atomic E-state index is 13.2. The van der Waals surface area contributed by atoms with Gasteiger partial charge in [-0.2, -0.15) is 0 Å². The van der Waals surface area contributed by atoms with E-state index < -0.39 is 0 Å². The first-order valence-corrected chi connectivity index (χ1v) is 10.5. The standard InChI is InChI=1S/C26H23N3O2/c30-24(27-15-14-18-8-2-1-3-9-18)17-29-25(20-11-4-5-12-21(20)26(29)31)22-16-28-23-13-7-6-10-19(22)23/h1-13,16,25,28H,14-15,17H2,(H,27,30)/t25-/m0/s1. The molecule has 1 aliphatic rings. The van der Waals surface area contributed by atoms with Crippen LogP contribution in [0.5, 0.6) is 0 Å². The van der Waals surface area contributed by atoms with Gasteiger partial charge in [-0.1, -0.05) is 66.7 Å². The van der Waals surface area contributed by atoms with E-state index in [0.717, 1.165) is 28.5 Å². The molecule has 31 heavy (non-hydrogen) atoms. The lowest BCUT2D eigenvalue weighted by atomic mass is 9.97. The summed E-state index contributed by atoms with van der Waals surface area (Å²) in [6, 6.07) is 25.4. The van der Waals surface area contributed by atoms with Crippen molar-refractivity contribution >= 4 is 22.7 Å². The van der Waals surface area contributed by atoms with Crippen molar-refractivity contribution in [2.75, 3.05) is 13.1 Å². The van der Waals surface area contributed by atoms with Crippen LogP contribution < -0.4 is 5.32 Å². The molecule has 0 bridgehead atoms. The molecule has 1 aliphatic heterocycles. The van der Waals surface area contributed by atoms with Gasteiger partial charge in [-0.25, -0.2) is 0 Å². The molecule has 5 nitrogen and oxygen atoms in total. The van der Waals surface area contributed by atoms with Crippen LogP contribution in [-0.4, -0.2) is 34.8 Å². The molecule has 1 atom stereocenters. The quantitative estimate of drug-likeness (QED) is 0.504. The maximum atomic E-state index is 13.2. The molecule has 0 aliphatic carbocycles. The molecule has 1 aromatic heterocycles. The first-order chi connectivity index (χ1) is 15.2. The molecule has 2 heterocycles. The van der Waals surface area contributed by atoms with E-state index in [9.17, 15) is 9.59 Å². The number of para-hydroxylation sites is 1. The van der Waals surface area contributed by atoms with E-state index >= 15 is 0 Å². The van der Waals surface area contributed by atoms with Crippen LogP contribution in [-0.2, 0) is 11.2 Å². The summed E-state index contributed by atoms with van der Waals surface area (Å²) in [6.07, 6.45) is 2.71. The molecule has 3 aromatic carbocycles. The van der Waals surface area contributed by atoms with Crippen molar-refractivity contribution in [1.82, 2.24) is 15.2 Å². The van der Waals surface area contributed by atoms with Gasteiger partial charge in [-0.05, 0) is 29.7 Å². The molecule has 2 N–H and O–H groups in total. The van der Waals surface area contributed by atoms with Gasteiger partial charge in [0.2, 0.25) is 5.91 Å². The highest BCUT2D eigenvalue weighted by atomic mass is 16.2. The average Bonchev–Trinajstić information content (AvgIpc) is 3.34. The number of nitrogens with zero attached hydrogens (tertiary/aromatic N) is 1. The Bertz CT molecular complexity index is 1250. The molecule has 5 rings (SSSR count). The zero-order valence-electron chi connectivity index (χ0n) is 17.0. The third-order valence-electron chi connectivity index (χ3n) is 5.87. The molecule has 4 aromatic rings. The van der Waals surface area contributed by atoms with E-state index in [1.54, 1.807) is 4.90 Å². The smallest absolute Gasteiger partial charge is 0.255 e. The topological polar surface area (TPSA) is 65.2 Å². The highest BCUT2D eigenvalue weighted by Crippen LogP contribution is 2.40. The number of amides is 2. The second-order valence-corrected chi connectivity index (χ2v) is 7.80. The van der Waals surface area contributed by atoms with Crippen molar-refractivity contribution in [2.24, 2.45) is 0 Å². The fourth-order valence-electron chi connectivity index (χ4n) is 4.39. The van der Waals surface area contributed by atoms with Crippen LogP contribution in [0.1, 0.15) is 33.1 Å². The summed E-state index contributed by atoms with van der Waals surface area (Å²) in [5.74, 6) is -0.258. The lowest BCUT2D eigenvalue weighted by Gasteiger charge is -2.25. The highest BCUT2D eigenvalue weighted by Gasteiger charge is 2.39. The molecule has 0 saturated carbocycles. The number of benzene rings is 3. The van der Waals surface area contributed by atoms with E-state index in [1.807, 2.05) is 85.1 Å². The number of rotatable bonds is 6. The van der Waals surface area contributed by atoms with Crippen molar-refractivity contribution in [3.05, 3.63) is 107 Å². The number of carbonyl (C=O) groups is 2. The lowest BCUT2D eigenvalue weighted by Crippen LogP contribution is -2.40. The number of aromatic amines is 1. The summed E-state index contributed by atoms with van der Waals surface area (Å²) in [5.41, 5.74) is 4.79. The van der Waals surface area contributed by atoms with Crippen LogP contribution in [0.25, 0.3) is 10.9 Å². The summed E-state index contributed by atoms with van der Waals surface area (Å²) in [7, 11) is 0. The van der Waals surface area contributed by atoms with Gasteiger partial charge in [0.1, 0.15) is 6.54 Å². The van der Waals surface area contributed by atoms with Crippen LogP contribution in [0.15, 0.2) is 85.1 Å². The summed E-state index contributed by atoms with van der Waals surface area (Å²) in [4.78, 5) is 30.9. The Kier molecular flexibility index (Phi) is 5.00. The third kappa shape index (κ3) is 3.59. The molecule has 0 spiro atoms. The predicted molar refractivity (Wildman–Crippen MR) is 121 cm³/mol. The van der Waals surface area contributed by atoms with Crippen molar-refractivity contribution in [3.8, 4) is 0 Å². The lowest BCUT2D eigenvalue weighted by molar-refractivity contribution is -0.122. The fraction of sp³-hybridized carbons (Fsp3) is 0.154. The third-order valence-corrected chi connectivity index (χ3v) is 5.87. The SMILES string of the molecule is O=C(CN1C(=O)c2ccccc2[C@H]1c1c[nH]c2ccccc12)NCCc1ccccc1. The minimum atomic E-state index is -0.292. The monoisotopic (exact) mass is 409 g/mol. The van der Waals surface area contributed by atoms with Crippen LogP contribution in [0, 0.1) is 0 Å². The zero-order valence-corrected chi connectivity index (χ0v) is 17.0. The van der Waals surface area contributed by atoms with Crippen molar-refractivity contribution < 1.29 is 9.59 Å². The predicted octanol–water partition coefficient (Wildman–Crippen LogP) is 4.07. The second kappa shape index (κ2) is 8.11. The van der Waals surface area contributed by atoms with Crippen molar-refractivity contribution in [2.45, 2.75) is 12.5 Å². The first kappa shape index (κ1) is 19.1. The van der Waals surface area contributed by atoms with Crippen LogP contribution >= 0.6 is 0 Å². The number of aromatic nitrogens is 1. The molecular weight excluding hydrogens is 386 g/mol. The minimum Gasteiger partial charge on any atom is -0.361 e. The molecule has 2 amide bonds. The Morgan fingerprint density at radius 3 is 2.52 bits per heavy atom. The summed E-state index contributed by atoms with van der Waals surface area (Å²) in [6.45, 7) is 0.558. The van der Waals surface area contributed by atoms with E-state index in [4.69, 9.17) is 0 Å². The zero-order chi connectivity index (χ0) is 21.2. The summed E-state index contributed by atoms with van der Waals surface area (Å²) >= 11 is 0. The number of carbonyl (C=O) groups excluding carboxylic acids is 2. The second-order valence-electron chi connectivity index (χ2n) is 7.80. The van der Waals surface area contributed by atoms with E-state index in [0.29, 0.717) is 12.1 Å². The molecular formula is C26H23N3O2. The number of nitrogens with one attached hydrogen (secondary N) is 2. The molecule has 154 valence electrons. The Morgan fingerprint density at radius 2 is 1.65 bits per heavy atom. The van der Waals surface area contributed by atoms with Gasteiger partial charge in [0.25, 0.3) is 5.91 Å². The Labute approximate surface area is 180 Å². The summed E-state index contributed by atoms with van der Waals surface area (Å²) in [5, 5.41) is 4.03. The maximum Gasteiger partial charge on any atom is 0.255 e. The van der Waals surface area contributed by atoms with Gasteiger partial charge < -0.3 is 15.2 Å². The Hall–Kier alpha value is -3.86. The largest absolute Gasteiger partial charge is 0.361 e. The fourth-order valence-corrected chi connectivity index (χ4v) is 4.39. The molecule has 0 radical (unpaired) electrons. The number of hydrogen-bond acceptors (Lipinski definition) is 2. The molecule has 0 unspecified atom stereocenters. The van der Waals surface area contributed by atoms with Gasteiger partial charge in [-0.3, -0.25) is 9.59 Å². The van der Waals surface area contributed by atoms with Crippen LogP contribution in [0.2, 0.25) is 0 Å². The van der Waals surface area contributed by atoms with Crippen molar-refractivity contribution in [1.29, 1.82) is 0 Å². The molecule has 0 saturated heterocycles. The Balaban J connectivity index is 1.39. The summed E-state index contributed by atoms with van der Waals surface area (Å²) < 4.78 is 0. The van der Waals surface area contributed by atoms with Gasteiger partial charge in [-0.15, -0.1) is 0 Å². The van der Waals surface area contributed by atoms with E-state index in [-0.39, 0.29) is 24.4 Å². The minimum absolute atomic E-state index is 0.0203. The average molecular weight is 409 g/mol. The normalized spacial score (nSPS) is 15.3. The molecule has 0 fully saturated rings.